The fourth-order valence-corrected chi connectivity index (χ4v) is 9.36. The van der Waals surface area contributed by atoms with Crippen LogP contribution in [0, 0.1) is 23.2 Å². The molecule has 3 nitrogen and oxygen atoms in total. The van der Waals surface area contributed by atoms with E-state index in [1.54, 1.807) is 6.07 Å². The van der Waals surface area contributed by atoms with Gasteiger partial charge in [-0.15, -0.1) is 0 Å². The Morgan fingerprint density at radius 3 is 2.28 bits per heavy atom. The summed E-state index contributed by atoms with van der Waals surface area (Å²) in [7, 11) is -2.48. The largest absolute Gasteiger partial charge is 0.508 e. The molecule has 0 aromatic heterocycles. The number of hydrogen-bond donors (Lipinski definition) is 2. The van der Waals surface area contributed by atoms with Gasteiger partial charge in [-0.05, 0) is 96.4 Å². The van der Waals surface area contributed by atoms with E-state index < -0.39 is 40.7 Å². The highest BCUT2D eigenvalue weighted by Gasteiger charge is 2.73. The fraction of sp³-hybridized carbons (Fsp3) is 0.750. The predicted octanol–water partition coefficient (Wildman–Crippen LogP) is 8.70. The number of benzene rings is 1. The van der Waals surface area contributed by atoms with Gasteiger partial charge in [0.05, 0.1) is 11.9 Å². The molecule has 1 aromatic carbocycles. The lowest BCUT2D eigenvalue weighted by molar-refractivity contribution is -0.348. The summed E-state index contributed by atoms with van der Waals surface area (Å²) in [5.41, 5.74) is 3.44. The number of alkyl halides is 7. The molecule has 3 aliphatic rings. The van der Waals surface area contributed by atoms with Crippen molar-refractivity contribution < 1.29 is 45.2 Å². The summed E-state index contributed by atoms with van der Waals surface area (Å²) in [5.74, 6) is -12.1. The first-order valence-corrected chi connectivity index (χ1v) is 16.8. The van der Waals surface area contributed by atoms with Crippen LogP contribution in [-0.4, -0.2) is 50.1 Å². The van der Waals surface area contributed by atoms with Crippen LogP contribution in [0.15, 0.2) is 30.4 Å². The van der Waals surface area contributed by atoms with Gasteiger partial charge in [0.25, 0.3) is 0 Å². The zero-order valence-electron chi connectivity index (χ0n) is 24.6. The molecule has 0 radical (unpaired) electrons. The number of unbranched alkanes of at least 4 members (excludes halogenated alkanes) is 6. The summed E-state index contributed by atoms with van der Waals surface area (Å²) in [5, 5.41) is 20.9. The van der Waals surface area contributed by atoms with Gasteiger partial charge in [0.15, 0.2) is 0 Å². The highest BCUT2D eigenvalue weighted by Crippen LogP contribution is 2.64. The Labute approximate surface area is 251 Å². The summed E-state index contributed by atoms with van der Waals surface area (Å²) >= 11 is 0. The molecule has 2 saturated carbocycles. The number of aliphatic hydroxyl groups excluding tert-OH is 1. The highest BCUT2D eigenvalue weighted by molar-refractivity contribution is 7.85. The standard InChI is InChI=1S/C32H43F7O3S/c1-20-27(41)18-26-28-21(16-22-17-23(40)11-12-24(22)25(28)13-14-29(20,26)2)10-8-6-4-3-5-7-9-15-43(42)19-30(33,34)31(35,36)32(37,38)39/h11-12,17,21,25-28,40-41H,1,3-10,13-16,18-19H2,2H3/t21?,25?,26?,27-,28?,29-,43?/m1/s1. The summed E-state index contributed by atoms with van der Waals surface area (Å²) in [6.07, 6.45) is 3.10. The van der Waals surface area contributed by atoms with Crippen molar-refractivity contribution in [3.8, 4) is 5.75 Å². The van der Waals surface area contributed by atoms with E-state index in [0.717, 1.165) is 69.8 Å². The van der Waals surface area contributed by atoms with E-state index in [4.69, 9.17) is 0 Å². The van der Waals surface area contributed by atoms with Crippen LogP contribution < -0.4 is 0 Å². The maximum atomic E-state index is 13.4. The molecule has 0 heterocycles. The number of aromatic hydroxyl groups is 1. The quantitative estimate of drug-likeness (QED) is 0.129. The first kappa shape index (κ1) is 34.3. The third kappa shape index (κ3) is 6.97. The van der Waals surface area contributed by atoms with E-state index in [-0.39, 0.29) is 23.3 Å². The maximum absolute atomic E-state index is 13.4. The number of phenolic OH excluding ortho intramolecular Hbond substituents is 1. The molecule has 5 unspecified atom stereocenters. The zero-order chi connectivity index (χ0) is 31.8. The molecule has 4 rings (SSSR count). The average molecular weight is 641 g/mol. The molecule has 2 fully saturated rings. The van der Waals surface area contributed by atoms with Crippen molar-refractivity contribution in [2.45, 2.75) is 114 Å². The molecule has 0 spiro atoms. The van der Waals surface area contributed by atoms with Gasteiger partial charge in [-0.1, -0.05) is 58.1 Å². The van der Waals surface area contributed by atoms with Gasteiger partial charge in [-0.25, -0.2) is 0 Å². The number of halogens is 7. The molecular formula is C32H43F7O3S. The first-order valence-electron chi connectivity index (χ1n) is 15.4. The molecule has 43 heavy (non-hydrogen) atoms. The minimum atomic E-state index is -6.40. The number of rotatable bonds is 13. The van der Waals surface area contributed by atoms with Gasteiger partial charge in [0, 0.05) is 16.6 Å². The molecule has 3 aliphatic carbocycles. The Balaban J connectivity index is 1.21. The summed E-state index contributed by atoms with van der Waals surface area (Å²) in [6.45, 7) is 6.52. The van der Waals surface area contributed by atoms with E-state index in [2.05, 4.69) is 19.6 Å². The van der Waals surface area contributed by atoms with Crippen molar-refractivity contribution >= 4 is 10.8 Å². The van der Waals surface area contributed by atoms with Crippen molar-refractivity contribution in [1.82, 2.24) is 0 Å². The van der Waals surface area contributed by atoms with Crippen molar-refractivity contribution in [2.24, 2.45) is 23.2 Å². The Kier molecular flexibility index (Phi) is 10.4. The van der Waals surface area contributed by atoms with Gasteiger partial charge in [-0.3, -0.25) is 4.21 Å². The Morgan fingerprint density at radius 1 is 1.00 bits per heavy atom. The molecule has 7 atom stereocenters. The highest BCUT2D eigenvalue weighted by atomic mass is 32.2. The second-order valence-corrected chi connectivity index (χ2v) is 14.8. The molecule has 0 bridgehead atoms. The van der Waals surface area contributed by atoms with Crippen molar-refractivity contribution in [3.63, 3.8) is 0 Å². The Bertz CT molecular complexity index is 1170. The van der Waals surface area contributed by atoms with Gasteiger partial charge in [0.2, 0.25) is 0 Å². The third-order valence-corrected chi connectivity index (χ3v) is 11.9. The molecule has 0 saturated heterocycles. The van der Waals surface area contributed by atoms with Gasteiger partial charge in [-0.2, -0.15) is 30.7 Å². The van der Waals surface area contributed by atoms with E-state index in [1.165, 1.54) is 11.1 Å². The van der Waals surface area contributed by atoms with Crippen molar-refractivity contribution in [2.75, 3.05) is 11.5 Å². The SMILES string of the molecule is C=C1[C@H](O)CC2C3C(CCCCCCCCCS(=O)CC(F)(F)C(F)(F)C(F)(F)F)Cc4cc(O)ccc4C3CC[C@]12C. The lowest BCUT2D eigenvalue weighted by Gasteiger charge is -2.52. The van der Waals surface area contributed by atoms with Gasteiger partial charge >= 0.3 is 18.0 Å². The lowest BCUT2D eigenvalue weighted by Crippen LogP contribution is -2.54. The molecule has 0 aliphatic heterocycles. The number of phenols is 1. The predicted molar refractivity (Wildman–Crippen MR) is 153 cm³/mol. The molecule has 0 amide bonds. The van der Waals surface area contributed by atoms with Gasteiger partial charge in [0.1, 0.15) is 5.75 Å². The third-order valence-electron chi connectivity index (χ3n) is 10.5. The van der Waals surface area contributed by atoms with Crippen molar-refractivity contribution in [1.29, 1.82) is 0 Å². The summed E-state index contributed by atoms with van der Waals surface area (Å²) < 4.78 is 101. The minimum absolute atomic E-state index is 0.0635. The molecule has 2 N–H and O–H groups in total. The first-order chi connectivity index (χ1) is 20.0. The lowest BCUT2D eigenvalue weighted by atomic mass is 9.52. The number of aliphatic hydroxyl groups is 1. The van der Waals surface area contributed by atoms with Crippen LogP contribution in [0.4, 0.5) is 30.7 Å². The van der Waals surface area contributed by atoms with Crippen LogP contribution >= 0.6 is 0 Å². The number of fused-ring (bicyclic) bond motifs is 5. The van der Waals surface area contributed by atoms with E-state index >= 15 is 0 Å². The molecule has 244 valence electrons. The number of hydrogen-bond acceptors (Lipinski definition) is 3. The van der Waals surface area contributed by atoms with Crippen molar-refractivity contribution in [3.05, 3.63) is 41.5 Å². The minimum Gasteiger partial charge on any atom is -0.508 e. The summed E-state index contributed by atoms with van der Waals surface area (Å²) in [6, 6.07) is 5.73. The fourth-order valence-electron chi connectivity index (χ4n) is 8.11. The molecule has 1 aromatic rings. The smallest absolute Gasteiger partial charge is 0.459 e. The van der Waals surface area contributed by atoms with Crippen LogP contribution in [0.2, 0.25) is 0 Å². The molecular weight excluding hydrogens is 597 g/mol. The monoisotopic (exact) mass is 640 g/mol. The van der Waals surface area contributed by atoms with Gasteiger partial charge < -0.3 is 10.2 Å². The Morgan fingerprint density at radius 2 is 1.63 bits per heavy atom. The van der Waals surface area contributed by atoms with E-state index in [0.29, 0.717) is 30.1 Å². The Hall–Kier alpha value is -1.62. The summed E-state index contributed by atoms with van der Waals surface area (Å²) in [4.78, 5) is 0. The van der Waals surface area contributed by atoms with E-state index in [1.807, 2.05) is 6.07 Å². The normalized spacial score (nSPS) is 30.1. The van der Waals surface area contributed by atoms with Crippen LogP contribution in [0.3, 0.4) is 0 Å². The average Bonchev–Trinajstić information content (AvgIpc) is 3.14. The second-order valence-electron chi connectivity index (χ2n) is 13.2. The van der Waals surface area contributed by atoms with Crippen LogP contribution in [-0.2, 0) is 17.2 Å². The maximum Gasteiger partial charge on any atom is 0.459 e. The van der Waals surface area contributed by atoms with Crippen LogP contribution in [0.5, 0.6) is 5.75 Å². The van der Waals surface area contributed by atoms with Crippen LogP contribution in [0.25, 0.3) is 0 Å². The zero-order valence-corrected chi connectivity index (χ0v) is 25.4. The van der Waals surface area contributed by atoms with E-state index in [9.17, 15) is 45.2 Å². The van der Waals surface area contributed by atoms with Crippen LogP contribution in [0.1, 0.15) is 94.6 Å². The molecule has 11 heteroatoms. The second kappa shape index (κ2) is 13.0. The topological polar surface area (TPSA) is 57.5 Å².